The zero-order chi connectivity index (χ0) is 23.7. The van der Waals surface area contributed by atoms with Gasteiger partial charge in [0.1, 0.15) is 11.2 Å². The molecule has 1 fully saturated rings. The number of ether oxygens (including phenoxy) is 1. The number of benzene rings is 1. The number of nitrogens with zero attached hydrogens (tertiary/aromatic N) is 5. The van der Waals surface area contributed by atoms with Gasteiger partial charge in [-0.2, -0.15) is 5.26 Å². The zero-order valence-corrected chi connectivity index (χ0v) is 19.2. The summed E-state index contributed by atoms with van der Waals surface area (Å²) < 4.78 is 5.63. The summed E-state index contributed by atoms with van der Waals surface area (Å²) in [7, 11) is 0. The third-order valence-corrected chi connectivity index (χ3v) is 5.68. The minimum Gasteiger partial charge on any atom is -0.476 e. The predicted octanol–water partition coefficient (Wildman–Crippen LogP) is 3.95. The summed E-state index contributed by atoms with van der Waals surface area (Å²) in [6.45, 7) is 7.60. The molecular formula is C23H23ClN6O3. The van der Waals surface area contributed by atoms with Gasteiger partial charge in [0.05, 0.1) is 35.5 Å². The Kier molecular flexibility index (Phi) is 6.31. The molecule has 2 aromatic heterocycles. The smallest absolute Gasteiger partial charge is 0.356 e. The van der Waals surface area contributed by atoms with Crippen LogP contribution in [-0.4, -0.2) is 51.8 Å². The molecule has 0 saturated carbocycles. The van der Waals surface area contributed by atoms with E-state index in [2.05, 4.69) is 21.4 Å². The van der Waals surface area contributed by atoms with Crippen LogP contribution in [0.15, 0.2) is 24.3 Å². The van der Waals surface area contributed by atoms with Crippen LogP contribution in [0.4, 0.5) is 11.5 Å². The van der Waals surface area contributed by atoms with Crippen LogP contribution in [0.3, 0.4) is 0 Å². The van der Waals surface area contributed by atoms with E-state index in [1.54, 1.807) is 6.07 Å². The van der Waals surface area contributed by atoms with E-state index in [4.69, 9.17) is 21.3 Å². The summed E-state index contributed by atoms with van der Waals surface area (Å²) in [5.41, 5.74) is 3.48. The number of carbonyl (C=O) groups is 1. The second kappa shape index (κ2) is 9.17. The van der Waals surface area contributed by atoms with Crippen molar-refractivity contribution in [2.24, 2.45) is 0 Å². The molecule has 2 atom stereocenters. The molecule has 170 valence electrons. The van der Waals surface area contributed by atoms with Crippen LogP contribution >= 0.6 is 11.6 Å². The molecule has 0 aliphatic carbocycles. The maximum absolute atomic E-state index is 11.6. The van der Waals surface area contributed by atoms with Crippen LogP contribution < -0.4 is 10.2 Å². The zero-order valence-electron chi connectivity index (χ0n) is 18.5. The molecule has 10 heteroatoms. The molecule has 0 radical (unpaired) electrons. The van der Waals surface area contributed by atoms with Crippen molar-refractivity contribution < 1.29 is 14.6 Å². The first-order valence-electron chi connectivity index (χ1n) is 10.5. The van der Waals surface area contributed by atoms with Gasteiger partial charge in [-0.1, -0.05) is 17.7 Å². The number of aromatic nitrogens is 3. The van der Waals surface area contributed by atoms with Crippen molar-refractivity contribution in [2.75, 3.05) is 29.9 Å². The van der Waals surface area contributed by atoms with E-state index in [0.717, 1.165) is 11.1 Å². The highest BCUT2D eigenvalue weighted by Gasteiger charge is 2.24. The minimum atomic E-state index is -1.18. The molecule has 3 aromatic rings. The molecule has 1 unspecified atom stereocenters. The van der Waals surface area contributed by atoms with Crippen molar-refractivity contribution in [3.8, 4) is 6.07 Å². The number of nitriles is 1. The molecule has 3 heterocycles. The highest BCUT2D eigenvalue weighted by atomic mass is 35.5. The van der Waals surface area contributed by atoms with Crippen LogP contribution in [0.2, 0.25) is 5.15 Å². The molecule has 1 saturated heterocycles. The third-order valence-electron chi connectivity index (χ3n) is 5.47. The lowest BCUT2D eigenvalue weighted by Crippen LogP contribution is -2.42. The summed E-state index contributed by atoms with van der Waals surface area (Å²) in [5.74, 6) is -0.652. The average Bonchev–Trinajstić information content (AvgIpc) is 2.78. The maximum atomic E-state index is 11.6. The molecule has 33 heavy (non-hydrogen) atoms. The number of aromatic carboxylic acids is 1. The second-order valence-electron chi connectivity index (χ2n) is 8.06. The quantitative estimate of drug-likeness (QED) is 0.537. The van der Waals surface area contributed by atoms with E-state index in [0.29, 0.717) is 42.2 Å². The molecule has 0 amide bonds. The van der Waals surface area contributed by atoms with Gasteiger partial charge in [-0.05, 0) is 44.5 Å². The summed E-state index contributed by atoms with van der Waals surface area (Å²) >= 11 is 5.88. The van der Waals surface area contributed by atoms with Gasteiger partial charge in [0, 0.05) is 18.7 Å². The van der Waals surface area contributed by atoms with Crippen molar-refractivity contribution in [3.05, 3.63) is 51.9 Å². The number of pyridine rings is 1. The molecule has 2 N–H and O–H groups in total. The Balaban J connectivity index is 1.80. The minimum absolute atomic E-state index is 0.0210. The Labute approximate surface area is 196 Å². The van der Waals surface area contributed by atoms with Gasteiger partial charge < -0.3 is 20.1 Å². The topological polar surface area (TPSA) is 124 Å². The fourth-order valence-corrected chi connectivity index (χ4v) is 4.13. The molecule has 0 spiro atoms. The first-order chi connectivity index (χ1) is 15.8. The van der Waals surface area contributed by atoms with E-state index >= 15 is 0 Å². The number of fused-ring (bicyclic) bond motifs is 1. The van der Waals surface area contributed by atoms with Crippen molar-refractivity contribution in [1.29, 1.82) is 5.26 Å². The van der Waals surface area contributed by atoms with Crippen molar-refractivity contribution in [2.45, 2.75) is 32.9 Å². The van der Waals surface area contributed by atoms with Crippen LogP contribution in [-0.2, 0) is 4.74 Å². The van der Waals surface area contributed by atoms with Crippen molar-refractivity contribution >= 4 is 40.1 Å². The SMILES string of the molecule is Cc1cc([C@@H](C)Nc2ccc(Cl)nc2C(=O)O)c2nc(N3CCOC(C)C3)c(C#N)nc2c1. The highest BCUT2D eigenvalue weighted by Crippen LogP contribution is 2.31. The lowest BCUT2D eigenvalue weighted by molar-refractivity contribution is 0.0529. The molecule has 0 bridgehead atoms. The Bertz CT molecular complexity index is 1280. The van der Waals surface area contributed by atoms with Crippen LogP contribution in [0.5, 0.6) is 0 Å². The van der Waals surface area contributed by atoms with Gasteiger partial charge in [0.25, 0.3) is 0 Å². The van der Waals surface area contributed by atoms with Gasteiger partial charge in [0.15, 0.2) is 17.2 Å². The third kappa shape index (κ3) is 4.67. The van der Waals surface area contributed by atoms with E-state index in [1.807, 2.05) is 37.8 Å². The number of hydrogen-bond donors (Lipinski definition) is 2. The first kappa shape index (κ1) is 22.7. The van der Waals surface area contributed by atoms with E-state index in [1.165, 1.54) is 6.07 Å². The van der Waals surface area contributed by atoms with Gasteiger partial charge >= 0.3 is 5.97 Å². The number of hydrogen-bond acceptors (Lipinski definition) is 8. The lowest BCUT2D eigenvalue weighted by Gasteiger charge is -2.32. The summed E-state index contributed by atoms with van der Waals surface area (Å²) in [6.07, 6.45) is 0.0210. The van der Waals surface area contributed by atoms with Gasteiger partial charge in [0.2, 0.25) is 0 Å². The molecule has 9 nitrogen and oxygen atoms in total. The van der Waals surface area contributed by atoms with Gasteiger partial charge in [-0.15, -0.1) is 0 Å². The monoisotopic (exact) mass is 466 g/mol. The molecule has 1 aliphatic heterocycles. The van der Waals surface area contributed by atoms with E-state index in [9.17, 15) is 15.2 Å². The van der Waals surface area contributed by atoms with E-state index in [-0.39, 0.29) is 28.7 Å². The maximum Gasteiger partial charge on any atom is 0.356 e. The molecule has 4 rings (SSSR count). The molecule has 1 aliphatic rings. The average molecular weight is 467 g/mol. The van der Waals surface area contributed by atoms with Crippen molar-refractivity contribution in [1.82, 2.24) is 15.0 Å². The molecule has 1 aromatic carbocycles. The Hall–Kier alpha value is -3.48. The number of nitrogens with one attached hydrogen (secondary N) is 1. The lowest BCUT2D eigenvalue weighted by atomic mass is 10.0. The van der Waals surface area contributed by atoms with Crippen molar-refractivity contribution in [3.63, 3.8) is 0 Å². The Morgan fingerprint density at radius 3 is 2.85 bits per heavy atom. The number of morpholine rings is 1. The number of halogens is 1. The standard InChI is InChI=1S/C23H23ClN6O3/c1-12-8-15(14(3)26-16-4-5-19(24)28-21(16)23(31)32)20-17(9-12)27-18(10-25)22(29-20)30-6-7-33-13(2)11-30/h4-5,8-9,13-14,26H,6-7,11H2,1-3H3,(H,31,32)/t13?,14-/m1/s1. The second-order valence-corrected chi connectivity index (χ2v) is 8.45. The number of anilines is 2. The van der Waals surface area contributed by atoms with Crippen LogP contribution in [0.1, 0.15) is 47.2 Å². The summed E-state index contributed by atoms with van der Waals surface area (Å²) in [4.78, 5) is 27.1. The number of carboxylic acid groups (broad SMARTS) is 1. The normalized spacial score (nSPS) is 16.9. The summed E-state index contributed by atoms with van der Waals surface area (Å²) in [6, 6.07) is 8.84. The number of rotatable bonds is 5. The fourth-order valence-electron chi connectivity index (χ4n) is 3.99. The van der Waals surface area contributed by atoms with Crippen LogP contribution in [0, 0.1) is 18.3 Å². The first-order valence-corrected chi connectivity index (χ1v) is 10.9. The van der Waals surface area contributed by atoms with E-state index < -0.39 is 5.97 Å². The number of carboxylic acids is 1. The van der Waals surface area contributed by atoms with Gasteiger partial charge in [-0.3, -0.25) is 0 Å². The Morgan fingerprint density at radius 2 is 2.15 bits per heavy atom. The molecular weight excluding hydrogens is 444 g/mol. The fraction of sp³-hybridized carbons (Fsp3) is 0.348. The largest absolute Gasteiger partial charge is 0.476 e. The Morgan fingerprint density at radius 1 is 1.36 bits per heavy atom. The predicted molar refractivity (Wildman–Crippen MR) is 125 cm³/mol. The van der Waals surface area contributed by atoms with Gasteiger partial charge in [-0.25, -0.2) is 19.7 Å². The van der Waals surface area contributed by atoms with Crippen LogP contribution in [0.25, 0.3) is 11.0 Å². The highest BCUT2D eigenvalue weighted by molar-refractivity contribution is 6.29. The summed E-state index contributed by atoms with van der Waals surface area (Å²) in [5, 5.41) is 22.6. The number of aryl methyl sites for hydroxylation is 1.